The number of hydrogen-bond acceptors (Lipinski definition) is 0. The first-order chi connectivity index (χ1) is 21.4. The molecule has 0 N–H and O–H groups in total. The minimum Gasteiger partial charge on any atom is -0.668 e. The molecule has 0 saturated carbocycles. The molecule has 4 aromatic carbocycles. The molecule has 0 radical (unpaired) electrons. The predicted molar refractivity (Wildman–Crippen MR) is 190 cm³/mol. The van der Waals surface area contributed by atoms with Crippen molar-refractivity contribution in [3.63, 3.8) is 0 Å². The van der Waals surface area contributed by atoms with E-state index in [1.807, 2.05) is 12.2 Å². The van der Waals surface area contributed by atoms with Crippen LogP contribution in [0.15, 0.2) is 120 Å². The minimum absolute atomic E-state index is 1.02. The summed E-state index contributed by atoms with van der Waals surface area (Å²) in [5.74, 6) is 0. The van der Waals surface area contributed by atoms with Gasteiger partial charge in [0.15, 0.2) is 0 Å². The molecular formula is C41H40N2Zr-2. The Kier molecular flexibility index (Phi) is 12.6. The normalized spacial score (nSPS) is 14.2. The molecule has 4 aliphatic carbocycles. The number of nitrogens with zero attached hydrogens (tertiary/aromatic N) is 2. The van der Waals surface area contributed by atoms with Gasteiger partial charge in [0.05, 0.1) is 0 Å². The van der Waals surface area contributed by atoms with Gasteiger partial charge in [-0.2, -0.15) is 75.8 Å². The van der Waals surface area contributed by atoms with E-state index in [0.717, 1.165) is 12.8 Å². The molecular weight excluding hydrogens is 612 g/mol. The largest absolute Gasteiger partial charge is 0.668 e. The average molecular weight is 652 g/mol. The summed E-state index contributed by atoms with van der Waals surface area (Å²) in [4.78, 5) is 0. The Morgan fingerprint density at radius 1 is 0.591 bits per heavy atom. The maximum absolute atomic E-state index is 3.50. The Morgan fingerprint density at radius 3 is 1.34 bits per heavy atom. The van der Waals surface area contributed by atoms with Crippen LogP contribution in [0.2, 0.25) is 0 Å². The van der Waals surface area contributed by atoms with Crippen molar-refractivity contribution in [3.8, 4) is 0 Å². The van der Waals surface area contributed by atoms with E-state index in [-0.39, 0.29) is 0 Å². The van der Waals surface area contributed by atoms with E-state index in [2.05, 4.69) is 134 Å². The summed E-state index contributed by atoms with van der Waals surface area (Å²) in [5.41, 5.74) is 10.9. The summed E-state index contributed by atoms with van der Waals surface area (Å²) < 4.78 is 1.51. The van der Waals surface area contributed by atoms with Crippen LogP contribution in [0.4, 0.5) is 0 Å². The van der Waals surface area contributed by atoms with Crippen LogP contribution in [-0.4, -0.2) is 31.4 Å². The molecule has 0 amide bonds. The smallest absolute Gasteiger partial charge is 0.0186 e. The third-order valence-electron chi connectivity index (χ3n) is 7.18. The second-order valence-electron chi connectivity index (χ2n) is 11.0. The van der Waals surface area contributed by atoms with Crippen molar-refractivity contribution in [1.29, 1.82) is 0 Å². The van der Waals surface area contributed by atoms with E-state index < -0.39 is 0 Å². The van der Waals surface area contributed by atoms with E-state index in [4.69, 9.17) is 0 Å². The summed E-state index contributed by atoms with van der Waals surface area (Å²) in [5, 5.41) is 12.4. The Morgan fingerprint density at radius 2 is 0.955 bits per heavy atom. The Bertz CT molecular complexity index is 1700. The zero-order valence-electron chi connectivity index (χ0n) is 26.7. The maximum atomic E-state index is 3.50. The van der Waals surface area contributed by atoms with E-state index in [9.17, 15) is 0 Å². The van der Waals surface area contributed by atoms with Crippen molar-refractivity contribution in [2.24, 2.45) is 0 Å². The van der Waals surface area contributed by atoms with E-state index in [1.54, 1.807) is 52.4 Å². The van der Waals surface area contributed by atoms with Crippen LogP contribution in [-0.2, 0) is 37.1 Å². The molecule has 3 heteroatoms. The second-order valence-corrected chi connectivity index (χ2v) is 13.4. The predicted octanol–water partition coefficient (Wildman–Crippen LogP) is 10.1. The van der Waals surface area contributed by atoms with Crippen LogP contribution in [0, 0.1) is 12.2 Å². The number of hydrogen-bond donors (Lipinski definition) is 0. The molecule has 0 aromatic heterocycles. The monoisotopic (exact) mass is 650 g/mol. The summed E-state index contributed by atoms with van der Waals surface area (Å²) in [6.07, 6.45) is 21.6. The first kappa shape index (κ1) is 33.4. The molecule has 220 valence electrons. The third-order valence-corrected chi connectivity index (χ3v) is 7.18. The SMILES string of the molecule is C[C](C)=[Zr+2].C[N-]C.C[N-]C.[C-]1=CC=C2C1=CCc1ccc3ccccc3c12.[C-]1=CC=C2C1=CCc1ccc3ccccc3c12. The molecule has 0 fully saturated rings. The summed E-state index contributed by atoms with van der Waals surface area (Å²) >= 11 is 1.55. The summed E-state index contributed by atoms with van der Waals surface area (Å²) in [7, 11) is 7.00. The second kappa shape index (κ2) is 16.5. The van der Waals surface area contributed by atoms with Gasteiger partial charge in [0, 0.05) is 0 Å². The first-order valence-electron chi connectivity index (χ1n) is 14.9. The summed E-state index contributed by atoms with van der Waals surface area (Å²) in [6, 6.07) is 26.2. The van der Waals surface area contributed by atoms with Crippen molar-refractivity contribution >= 4 is 35.9 Å². The zero-order chi connectivity index (χ0) is 31.5. The van der Waals surface area contributed by atoms with Gasteiger partial charge in [-0.15, -0.1) is 23.3 Å². The van der Waals surface area contributed by atoms with E-state index in [0.29, 0.717) is 0 Å². The van der Waals surface area contributed by atoms with Crippen molar-refractivity contribution in [1.82, 2.24) is 0 Å². The van der Waals surface area contributed by atoms with E-state index in [1.165, 1.54) is 69.3 Å². The van der Waals surface area contributed by atoms with Crippen molar-refractivity contribution in [2.45, 2.75) is 26.7 Å². The molecule has 0 bridgehead atoms. The maximum Gasteiger partial charge on any atom is -0.0186 e. The van der Waals surface area contributed by atoms with Crippen LogP contribution < -0.4 is 0 Å². The molecule has 0 atom stereocenters. The first-order valence-corrected chi connectivity index (χ1v) is 16.2. The molecule has 44 heavy (non-hydrogen) atoms. The molecule has 0 unspecified atom stereocenters. The van der Waals surface area contributed by atoms with Gasteiger partial charge in [0.25, 0.3) is 0 Å². The Hall–Kier alpha value is -3.49. The minimum atomic E-state index is 1.02. The van der Waals surface area contributed by atoms with Gasteiger partial charge in [-0.05, 0) is 34.4 Å². The number of benzene rings is 4. The van der Waals surface area contributed by atoms with Crippen LogP contribution in [0.3, 0.4) is 0 Å². The fourth-order valence-electron chi connectivity index (χ4n) is 5.57. The average Bonchev–Trinajstić information content (AvgIpc) is 3.71. The fourth-order valence-corrected chi connectivity index (χ4v) is 5.57. The Labute approximate surface area is 279 Å². The number of allylic oxidation sites excluding steroid dienone is 12. The van der Waals surface area contributed by atoms with Crippen LogP contribution >= 0.6 is 0 Å². The fraction of sp³-hybridized carbons (Fsp3) is 0.195. The Balaban J connectivity index is 0.000000155. The van der Waals surface area contributed by atoms with Crippen LogP contribution in [0.25, 0.3) is 43.3 Å². The van der Waals surface area contributed by atoms with Gasteiger partial charge in [-0.3, -0.25) is 0 Å². The van der Waals surface area contributed by atoms with Gasteiger partial charge in [0.1, 0.15) is 0 Å². The number of rotatable bonds is 0. The van der Waals surface area contributed by atoms with Crippen molar-refractivity contribution in [3.05, 3.63) is 165 Å². The molecule has 2 nitrogen and oxygen atoms in total. The van der Waals surface area contributed by atoms with Gasteiger partial charge >= 0.3 is 41.3 Å². The zero-order valence-corrected chi connectivity index (χ0v) is 29.2. The van der Waals surface area contributed by atoms with Gasteiger partial charge < -0.3 is 10.6 Å². The van der Waals surface area contributed by atoms with Gasteiger partial charge in [-0.25, -0.2) is 0 Å². The number of fused-ring (bicyclic) bond motifs is 10. The molecule has 4 aliphatic rings. The van der Waals surface area contributed by atoms with Crippen LogP contribution in [0.1, 0.15) is 36.1 Å². The summed E-state index contributed by atoms with van der Waals surface area (Å²) in [6.45, 7) is 4.25. The van der Waals surface area contributed by atoms with Crippen LogP contribution in [0.5, 0.6) is 0 Å². The molecule has 8 rings (SSSR count). The van der Waals surface area contributed by atoms with Gasteiger partial charge in [0.2, 0.25) is 0 Å². The molecule has 0 aliphatic heterocycles. The standard InChI is InChI=1S/2C17H11.C3H6.2C2H6N.Zr/c2*1-2-6-15-12(4-1)8-10-14-11-9-13-5-3-7-16(13)17(14)15;3*1-3-2;/h2*1-4,6-10H,11H2;3*1-2H3;/q2*-1;;2*-1;+2. The van der Waals surface area contributed by atoms with Crippen molar-refractivity contribution < 1.29 is 24.2 Å². The molecule has 0 spiro atoms. The topological polar surface area (TPSA) is 28.2 Å². The van der Waals surface area contributed by atoms with E-state index >= 15 is 0 Å². The van der Waals surface area contributed by atoms with Crippen molar-refractivity contribution in [2.75, 3.05) is 28.2 Å². The molecule has 4 aromatic rings. The quantitative estimate of drug-likeness (QED) is 0.169. The molecule has 0 heterocycles. The third kappa shape index (κ3) is 7.96. The molecule has 0 saturated heterocycles. The van der Waals surface area contributed by atoms with Gasteiger partial charge in [-0.1, -0.05) is 95.1 Å².